The molecule has 1 aliphatic carbocycles. The summed E-state index contributed by atoms with van der Waals surface area (Å²) in [5.74, 6) is -0.547. The molecule has 0 atom stereocenters. The van der Waals surface area contributed by atoms with Gasteiger partial charge in [0.1, 0.15) is 5.84 Å². The number of aryl methyl sites for hydroxylation is 1. The average Bonchev–Trinajstić information content (AvgIpc) is 3.43. The van der Waals surface area contributed by atoms with Gasteiger partial charge in [-0.1, -0.05) is 24.3 Å². The van der Waals surface area contributed by atoms with Crippen molar-refractivity contribution in [1.29, 1.82) is 0 Å². The van der Waals surface area contributed by atoms with E-state index in [-0.39, 0.29) is 29.1 Å². The zero-order valence-corrected chi connectivity index (χ0v) is 17.8. The van der Waals surface area contributed by atoms with Gasteiger partial charge in [-0.15, -0.1) is 0 Å². The molecule has 2 fully saturated rings. The lowest BCUT2D eigenvalue weighted by Crippen LogP contribution is -2.25. The molecule has 1 saturated carbocycles. The summed E-state index contributed by atoms with van der Waals surface area (Å²) in [6.45, 7) is 2.87. The largest absolute Gasteiger partial charge is 0.404 e. The number of hydrogen-bond acceptors (Lipinski definition) is 6. The van der Waals surface area contributed by atoms with Crippen molar-refractivity contribution in [2.75, 3.05) is 13.2 Å². The highest BCUT2D eigenvalue weighted by Crippen LogP contribution is 2.26. The number of aliphatic imine (C=N–C) groups is 1. The van der Waals surface area contributed by atoms with E-state index in [2.05, 4.69) is 10.3 Å². The van der Waals surface area contributed by atoms with Gasteiger partial charge in [-0.25, -0.2) is 4.99 Å². The van der Waals surface area contributed by atoms with E-state index in [1.807, 2.05) is 13.0 Å². The van der Waals surface area contributed by atoms with Crippen LogP contribution in [0.15, 0.2) is 59.2 Å². The smallest absolute Gasteiger partial charge is 0.251 e. The van der Waals surface area contributed by atoms with Crippen LogP contribution >= 0.6 is 0 Å². The van der Waals surface area contributed by atoms with Crippen LogP contribution in [0.5, 0.6) is 0 Å². The Morgan fingerprint density at radius 2 is 1.84 bits per heavy atom. The van der Waals surface area contributed by atoms with Gasteiger partial charge in [0.05, 0.1) is 24.5 Å². The van der Waals surface area contributed by atoms with Crippen LogP contribution in [-0.2, 0) is 9.47 Å². The van der Waals surface area contributed by atoms with Gasteiger partial charge in [-0.2, -0.15) is 0 Å². The molecule has 0 radical (unpaired) electrons. The number of hydrogen-bond donors (Lipinski definition) is 3. The molecule has 8 nitrogen and oxygen atoms in total. The van der Waals surface area contributed by atoms with Crippen molar-refractivity contribution >= 4 is 23.2 Å². The topological polar surface area (TPSA) is 129 Å². The number of ether oxygens (including phenoxy) is 2. The number of Topliss-reactive ketones (excluding diaryl/α,β-unsaturated/α-hetero) is 1. The van der Waals surface area contributed by atoms with Gasteiger partial charge in [0.2, 0.25) is 0 Å². The number of nitrogens with two attached hydrogens (primary N) is 2. The lowest BCUT2D eigenvalue weighted by atomic mass is 10.0. The summed E-state index contributed by atoms with van der Waals surface area (Å²) in [4.78, 5) is 29.9. The fraction of sp³-hybridized carbons (Fsp3) is 0.292. The second kappa shape index (κ2) is 9.33. The maximum Gasteiger partial charge on any atom is 0.251 e. The van der Waals surface area contributed by atoms with Gasteiger partial charge in [-0.05, 0) is 43.5 Å². The molecule has 2 aliphatic rings. The third kappa shape index (κ3) is 4.87. The number of amides is 1. The third-order valence-corrected chi connectivity index (χ3v) is 5.35. The first-order chi connectivity index (χ1) is 15.5. The predicted molar refractivity (Wildman–Crippen MR) is 121 cm³/mol. The van der Waals surface area contributed by atoms with Crippen LogP contribution in [-0.4, -0.2) is 36.8 Å². The van der Waals surface area contributed by atoms with E-state index in [0.717, 1.165) is 30.2 Å². The van der Waals surface area contributed by atoms with Crippen molar-refractivity contribution in [2.45, 2.75) is 32.1 Å². The van der Waals surface area contributed by atoms with E-state index in [9.17, 15) is 9.59 Å². The summed E-state index contributed by atoms with van der Waals surface area (Å²) in [5.41, 5.74) is 14.9. The summed E-state index contributed by atoms with van der Waals surface area (Å²) in [6.07, 6.45) is 2.66. The molecule has 4 rings (SSSR count). The maximum absolute atomic E-state index is 13.1. The molecular weight excluding hydrogens is 408 g/mol. The van der Waals surface area contributed by atoms with Gasteiger partial charge < -0.3 is 26.3 Å². The molecule has 0 spiro atoms. The molecule has 2 aromatic rings. The summed E-state index contributed by atoms with van der Waals surface area (Å²) < 4.78 is 11.0. The molecule has 1 aliphatic heterocycles. The Hall–Kier alpha value is -3.49. The number of carbonyl (C=O) groups is 2. The molecule has 166 valence electrons. The van der Waals surface area contributed by atoms with Crippen LogP contribution in [0, 0.1) is 6.92 Å². The highest BCUT2D eigenvalue weighted by Gasteiger charge is 2.24. The summed E-state index contributed by atoms with van der Waals surface area (Å²) in [6, 6.07) is 12.4. The first-order valence-electron chi connectivity index (χ1n) is 10.5. The van der Waals surface area contributed by atoms with Crippen LogP contribution in [0.2, 0.25) is 0 Å². The number of rotatable bonds is 7. The van der Waals surface area contributed by atoms with Gasteiger partial charge in [0.15, 0.2) is 12.1 Å². The zero-order chi connectivity index (χ0) is 22.7. The third-order valence-electron chi connectivity index (χ3n) is 5.35. The molecule has 2 aromatic carbocycles. The molecule has 1 amide bonds. The van der Waals surface area contributed by atoms with E-state index >= 15 is 0 Å². The number of amidine groups is 1. The predicted octanol–water partition coefficient (Wildman–Crippen LogP) is 2.65. The lowest BCUT2D eigenvalue weighted by molar-refractivity contribution is -0.0441. The van der Waals surface area contributed by atoms with Gasteiger partial charge in [-0.3, -0.25) is 9.59 Å². The van der Waals surface area contributed by atoms with E-state index < -0.39 is 6.29 Å². The van der Waals surface area contributed by atoms with Crippen molar-refractivity contribution in [2.24, 2.45) is 16.5 Å². The van der Waals surface area contributed by atoms with Crippen LogP contribution in [0.25, 0.3) is 0 Å². The average molecular weight is 434 g/mol. The lowest BCUT2D eigenvalue weighted by Gasteiger charge is -2.12. The van der Waals surface area contributed by atoms with Crippen LogP contribution in [0.1, 0.15) is 51.0 Å². The number of nitrogens with zero attached hydrogens (tertiary/aromatic N) is 1. The SMILES string of the molecule is Cc1ccc(C(=O)NC2CC2)cc1N=C(N)C(=CN)C(=O)c1cccc(C2OCCO2)c1. The van der Waals surface area contributed by atoms with Crippen molar-refractivity contribution in [3.05, 3.63) is 76.5 Å². The molecule has 8 heteroatoms. The fourth-order valence-corrected chi connectivity index (χ4v) is 3.37. The minimum Gasteiger partial charge on any atom is -0.404 e. The normalized spacial score (nSPS) is 17.4. The second-order valence-corrected chi connectivity index (χ2v) is 7.85. The molecule has 1 heterocycles. The summed E-state index contributed by atoms with van der Waals surface area (Å²) in [5, 5.41) is 2.95. The minimum absolute atomic E-state index is 0.0286. The van der Waals surface area contributed by atoms with E-state index in [1.54, 1.807) is 36.4 Å². The van der Waals surface area contributed by atoms with Crippen LogP contribution < -0.4 is 16.8 Å². The van der Waals surface area contributed by atoms with Crippen molar-refractivity contribution in [3.63, 3.8) is 0 Å². The van der Waals surface area contributed by atoms with Gasteiger partial charge in [0, 0.05) is 28.9 Å². The summed E-state index contributed by atoms with van der Waals surface area (Å²) >= 11 is 0. The van der Waals surface area contributed by atoms with E-state index in [1.165, 1.54) is 0 Å². The van der Waals surface area contributed by atoms with Crippen LogP contribution in [0.4, 0.5) is 5.69 Å². The molecule has 5 N–H and O–H groups in total. The van der Waals surface area contributed by atoms with Crippen molar-refractivity contribution in [3.8, 4) is 0 Å². The molecule has 1 saturated heterocycles. The standard InChI is InChI=1S/C24H26N4O4/c1-14-5-6-16(23(30)27-18-7-8-18)12-20(14)28-22(26)19(13-25)21(29)15-3-2-4-17(11-15)24-31-9-10-32-24/h2-6,11-13,18,24H,7-10,25H2,1H3,(H2,26,28)(H,27,30). The number of carbonyl (C=O) groups excluding carboxylic acids is 2. The molecule has 0 bridgehead atoms. The number of benzene rings is 2. The number of nitrogens with one attached hydrogen (secondary N) is 1. The summed E-state index contributed by atoms with van der Waals surface area (Å²) in [7, 11) is 0. The fourth-order valence-electron chi connectivity index (χ4n) is 3.37. The van der Waals surface area contributed by atoms with Crippen molar-refractivity contribution < 1.29 is 19.1 Å². The Labute approximate surface area is 186 Å². The maximum atomic E-state index is 13.1. The second-order valence-electron chi connectivity index (χ2n) is 7.85. The highest BCUT2D eigenvalue weighted by molar-refractivity contribution is 6.27. The Bertz CT molecular complexity index is 1100. The Morgan fingerprint density at radius 1 is 1.09 bits per heavy atom. The first-order valence-corrected chi connectivity index (χ1v) is 10.5. The van der Waals surface area contributed by atoms with Crippen LogP contribution in [0.3, 0.4) is 0 Å². The monoisotopic (exact) mass is 434 g/mol. The Balaban J connectivity index is 1.57. The minimum atomic E-state index is -0.494. The Morgan fingerprint density at radius 3 is 2.53 bits per heavy atom. The Kier molecular flexibility index (Phi) is 6.34. The van der Waals surface area contributed by atoms with E-state index in [4.69, 9.17) is 20.9 Å². The van der Waals surface area contributed by atoms with Crippen molar-refractivity contribution in [1.82, 2.24) is 5.32 Å². The zero-order valence-electron chi connectivity index (χ0n) is 17.8. The number of ketones is 1. The highest BCUT2D eigenvalue weighted by atomic mass is 16.7. The first kappa shape index (κ1) is 21.7. The molecule has 32 heavy (non-hydrogen) atoms. The molecule has 0 unspecified atom stereocenters. The van der Waals surface area contributed by atoms with Gasteiger partial charge in [0.25, 0.3) is 5.91 Å². The molecular formula is C24H26N4O4. The quantitative estimate of drug-likeness (QED) is 0.266. The molecule has 0 aromatic heterocycles. The van der Waals surface area contributed by atoms with Gasteiger partial charge >= 0.3 is 0 Å². The van der Waals surface area contributed by atoms with E-state index in [0.29, 0.717) is 30.0 Å².